The quantitative estimate of drug-likeness (QED) is 0.722. The molecule has 2 heterocycles. The molecule has 0 aliphatic heterocycles. The van der Waals surface area contributed by atoms with E-state index >= 15 is 0 Å². The summed E-state index contributed by atoms with van der Waals surface area (Å²) in [5.74, 6) is 1.47. The van der Waals surface area contributed by atoms with Crippen LogP contribution in [0.2, 0.25) is 0 Å². The number of rotatable bonds is 5. The summed E-state index contributed by atoms with van der Waals surface area (Å²) in [5.41, 5.74) is 1.74. The van der Waals surface area contributed by atoms with E-state index in [-0.39, 0.29) is 6.10 Å². The number of ether oxygens (including phenoxy) is 2. The van der Waals surface area contributed by atoms with Crippen molar-refractivity contribution in [1.82, 2.24) is 14.6 Å². The van der Waals surface area contributed by atoms with Gasteiger partial charge in [0.1, 0.15) is 12.9 Å². The van der Waals surface area contributed by atoms with Crippen LogP contribution in [0, 0.1) is 0 Å². The molecule has 0 saturated heterocycles. The molecular formula is C16H17N3O2. The number of hydrogen-bond donors (Lipinski definition) is 0. The summed E-state index contributed by atoms with van der Waals surface area (Å²) in [6, 6.07) is 13.5. The lowest BCUT2D eigenvalue weighted by Gasteiger charge is -2.15. The van der Waals surface area contributed by atoms with Crippen molar-refractivity contribution in [1.29, 1.82) is 0 Å². The van der Waals surface area contributed by atoms with Gasteiger partial charge in [0.15, 0.2) is 17.1 Å². The summed E-state index contributed by atoms with van der Waals surface area (Å²) in [5, 5.41) is 4.20. The molecule has 5 nitrogen and oxygen atoms in total. The van der Waals surface area contributed by atoms with E-state index in [4.69, 9.17) is 9.47 Å². The van der Waals surface area contributed by atoms with Gasteiger partial charge in [0.05, 0.1) is 11.8 Å². The highest BCUT2D eigenvalue weighted by atomic mass is 16.5. The molecule has 0 aliphatic carbocycles. The summed E-state index contributed by atoms with van der Waals surface area (Å²) in [6.07, 6.45) is 1.64. The van der Waals surface area contributed by atoms with Gasteiger partial charge in [0.25, 0.3) is 0 Å². The molecule has 0 radical (unpaired) electrons. The van der Waals surface area contributed by atoms with E-state index in [0.717, 1.165) is 22.8 Å². The van der Waals surface area contributed by atoms with Gasteiger partial charge in [-0.15, -0.1) is 0 Å². The van der Waals surface area contributed by atoms with Crippen LogP contribution in [-0.4, -0.2) is 20.7 Å². The second-order valence-corrected chi connectivity index (χ2v) is 4.95. The van der Waals surface area contributed by atoms with Crippen LogP contribution in [0.1, 0.15) is 19.5 Å². The van der Waals surface area contributed by atoms with Gasteiger partial charge in [0.2, 0.25) is 0 Å². The Balaban J connectivity index is 1.80. The highest BCUT2D eigenvalue weighted by Gasteiger charge is 2.08. The molecule has 0 unspecified atom stereocenters. The van der Waals surface area contributed by atoms with E-state index in [1.807, 2.05) is 56.3 Å². The van der Waals surface area contributed by atoms with Gasteiger partial charge in [-0.2, -0.15) is 5.10 Å². The Hall–Kier alpha value is -2.56. The molecule has 3 rings (SSSR count). The first-order valence-corrected chi connectivity index (χ1v) is 6.90. The summed E-state index contributed by atoms with van der Waals surface area (Å²) < 4.78 is 13.4. The lowest BCUT2D eigenvalue weighted by Crippen LogP contribution is -2.08. The van der Waals surface area contributed by atoms with E-state index in [1.54, 1.807) is 4.52 Å². The second kappa shape index (κ2) is 5.83. The second-order valence-electron chi connectivity index (χ2n) is 4.95. The molecule has 2 aromatic heterocycles. The molecule has 108 valence electrons. The average molecular weight is 283 g/mol. The lowest BCUT2D eigenvalue weighted by molar-refractivity contribution is 0.217. The maximum atomic E-state index is 5.89. The minimum atomic E-state index is 0.105. The Kier molecular flexibility index (Phi) is 3.73. The molecule has 3 aromatic rings. The Morgan fingerprint density at radius 1 is 1.05 bits per heavy atom. The molecule has 0 fully saturated rings. The van der Waals surface area contributed by atoms with E-state index in [1.165, 1.54) is 6.33 Å². The minimum Gasteiger partial charge on any atom is -0.487 e. The first-order valence-electron chi connectivity index (χ1n) is 6.90. The number of aromatic nitrogens is 3. The molecule has 1 aromatic carbocycles. The maximum Gasteiger partial charge on any atom is 0.161 e. The zero-order valence-electron chi connectivity index (χ0n) is 12.1. The third-order valence-corrected chi connectivity index (χ3v) is 2.97. The summed E-state index contributed by atoms with van der Waals surface area (Å²) in [7, 11) is 0. The molecule has 0 amide bonds. The molecule has 21 heavy (non-hydrogen) atoms. The van der Waals surface area contributed by atoms with Crippen molar-refractivity contribution in [3.8, 4) is 11.5 Å². The Morgan fingerprint density at radius 2 is 1.86 bits per heavy atom. The third-order valence-electron chi connectivity index (χ3n) is 2.97. The van der Waals surface area contributed by atoms with Crippen molar-refractivity contribution in [2.75, 3.05) is 0 Å². The molecule has 5 heteroatoms. The summed E-state index contributed by atoms with van der Waals surface area (Å²) in [4.78, 5) is 4.16. The molecule has 0 saturated carbocycles. The summed E-state index contributed by atoms with van der Waals surface area (Å²) in [6.45, 7) is 4.39. The van der Waals surface area contributed by atoms with Crippen molar-refractivity contribution in [3.63, 3.8) is 0 Å². The molecule has 0 N–H and O–H groups in total. The van der Waals surface area contributed by atoms with Gasteiger partial charge in [-0.25, -0.2) is 9.50 Å². The standard InChI is InChI=1S/C16H17N3O2/c1-12(2)21-15-8-4-3-7-14(15)20-10-13-6-5-9-16-17-11-18-19(13)16/h3-9,11-12H,10H2,1-2H3. The van der Waals surface area contributed by atoms with E-state index in [0.29, 0.717) is 6.61 Å². The van der Waals surface area contributed by atoms with Crippen LogP contribution in [0.15, 0.2) is 48.8 Å². The monoisotopic (exact) mass is 283 g/mol. The normalized spacial score (nSPS) is 11.0. The largest absolute Gasteiger partial charge is 0.487 e. The predicted molar refractivity (Wildman–Crippen MR) is 79.5 cm³/mol. The number of fused-ring (bicyclic) bond motifs is 1. The van der Waals surface area contributed by atoms with Crippen LogP contribution < -0.4 is 9.47 Å². The van der Waals surface area contributed by atoms with Crippen LogP contribution in [0.4, 0.5) is 0 Å². The maximum absolute atomic E-state index is 5.89. The highest BCUT2D eigenvalue weighted by molar-refractivity contribution is 5.40. The van der Waals surface area contributed by atoms with Crippen LogP contribution in [0.3, 0.4) is 0 Å². The predicted octanol–water partition coefficient (Wildman–Crippen LogP) is 3.10. The molecule has 0 bridgehead atoms. The van der Waals surface area contributed by atoms with Gasteiger partial charge in [-0.3, -0.25) is 0 Å². The molecule has 0 atom stereocenters. The topological polar surface area (TPSA) is 48.7 Å². The van der Waals surface area contributed by atoms with Gasteiger partial charge in [-0.1, -0.05) is 18.2 Å². The lowest BCUT2D eigenvalue weighted by atomic mass is 10.3. The minimum absolute atomic E-state index is 0.105. The number of hydrogen-bond acceptors (Lipinski definition) is 4. The fourth-order valence-electron chi connectivity index (χ4n) is 2.08. The van der Waals surface area contributed by atoms with E-state index in [2.05, 4.69) is 10.1 Å². The van der Waals surface area contributed by atoms with Crippen molar-refractivity contribution >= 4 is 5.65 Å². The van der Waals surface area contributed by atoms with Crippen LogP contribution >= 0.6 is 0 Å². The van der Waals surface area contributed by atoms with Gasteiger partial charge in [-0.05, 0) is 38.1 Å². The highest BCUT2D eigenvalue weighted by Crippen LogP contribution is 2.28. The van der Waals surface area contributed by atoms with Crippen LogP contribution in [-0.2, 0) is 6.61 Å². The van der Waals surface area contributed by atoms with Gasteiger partial charge >= 0.3 is 0 Å². The SMILES string of the molecule is CC(C)Oc1ccccc1OCc1cccc2ncnn12. The first-order chi connectivity index (χ1) is 10.2. The molecule has 0 aliphatic rings. The van der Waals surface area contributed by atoms with Crippen molar-refractivity contribution in [2.24, 2.45) is 0 Å². The Morgan fingerprint density at radius 3 is 2.67 bits per heavy atom. The van der Waals surface area contributed by atoms with Crippen molar-refractivity contribution in [2.45, 2.75) is 26.6 Å². The van der Waals surface area contributed by atoms with E-state index in [9.17, 15) is 0 Å². The van der Waals surface area contributed by atoms with Gasteiger partial charge < -0.3 is 9.47 Å². The summed E-state index contributed by atoms with van der Waals surface area (Å²) >= 11 is 0. The fraction of sp³-hybridized carbons (Fsp3) is 0.250. The van der Waals surface area contributed by atoms with Crippen LogP contribution in [0.5, 0.6) is 11.5 Å². The van der Waals surface area contributed by atoms with E-state index < -0.39 is 0 Å². The number of nitrogens with zero attached hydrogens (tertiary/aromatic N) is 3. The first kappa shape index (κ1) is 13.4. The van der Waals surface area contributed by atoms with Gasteiger partial charge in [0, 0.05) is 0 Å². The smallest absolute Gasteiger partial charge is 0.161 e. The Labute approximate surface area is 123 Å². The molecular weight excluding hydrogens is 266 g/mol. The fourth-order valence-corrected chi connectivity index (χ4v) is 2.08. The van der Waals surface area contributed by atoms with Crippen molar-refractivity contribution in [3.05, 3.63) is 54.5 Å². The zero-order chi connectivity index (χ0) is 14.7. The van der Waals surface area contributed by atoms with Crippen molar-refractivity contribution < 1.29 is 9.47 Å². The number of pyridine rings is 1. The number of para-hydroxylation sites is 2. The Bertz CT molecular complexity index is 737. The number of benzene rings is 1. The third kappa shape index (κ3) is 2.97. The molecule has 0 spiro atoms. The average Bonchev–Trinajstić information content (AvgIpc) is 2.95. The zero-order valence-corrected chi connectivity index (χ0v) is 12.1. The van der Waals surface area contributed by atoms with Crippen LogP contribution in [0.25, 0.3) is 5.65 Å².